The first-order valence-electron chi connectivity index (χ1n) is 7.41. The molecule has 2 N–H and O–H groups in total. The lowest BCUT2D eigenvalue weighted by Gasteiger charge is -2.12. The van der Waals surface area contributed by atoms with Crippen LogP contribution in [0.25, 0.3) is 22.4 Å². The molecule has 0 aliphatic carbocycles. The van der Waals surface area contributed by atoms with Gasteiger partial charge in [0.05, 0.1) is 17.3 Å². The molecule has 0 radical (unpaired) electrons. The van der Waals surface area contributed by atoms with Gasteiger partial charge in [0.1, 0.15) is 17.5 Å². The van der Waals surface area contributed by atoms with Gasteiger partial charge >= 0.3 is 0 Å². The van der Waals surface area contributed by atoms with Crippen LogP contribution in [0.15, 0.2) is 54.6 Å². The smallest absolute Gasteiger partial charge is 0.142 e. The number of nitriles is 2. The molecule has 1 aromatic heterocycles. The molecule has 0 saturated heterocycles. The first-order chi connectivity index (χ1) is 11.6. The molecule has 0 saturated carbocycles. The third-order valence-corrected chi connectivity index (χ3v) is 3.90. The molecule has 3 rings (SSSR count). The van der Waals surface area contributed by atoms with Gasteiger partial charge < -0.3 is 5.73 Å². The van der Waals surface area contributed by atoms with Gasteiger partial charge in [0, 0.05) is 11.1 Å². The molecule has 0 bridgehead atoms. The van der Waals surface area contributed by atoms with Gasteiger partial charge in [-0.3, -0.25) is 0 Å². The van der Waals surface area contributed by atoms with Gasteiger partial charge in [0.15, 0.2) is 0 Å². The summed E-state index contributed by atoms with van der Waals surface area (Å²) in [7, 11) is 0. The molecule has 1 heterocycles. The largest absolute Gasteiger partial charge is 0.383 e. The summed E-state index contributed by atoms with van der Waals surface area (Å²) in [6.45, 7) is 1.99. The van der Waals surface area contributed by atoms with Crippen LogP contribution in [-0.4, -0.2) is 4.98 Å². The predicted molar refractivity (Wildman–Crippen MR) is 93.7 cm³/mol. The van der Waals surface area contributed by atoms with E-state index < -0.39 is 0 Å². The lowest BCUT2D eigenvalue weighted by Crippen LogP contribution is -2.00. The van der Waals surface area contributed by atoms with E-state index in [1.165, 1.54) is 0 Å². The van der Waals surface area contributed by atoms with E-state index in [1.807, 2.05) is 49.4 Å². The molecular formula is C20H14N4. The molecular weight excluding hydrogens is 296 g/mol. The van der Waals surface area contributed by atoms with Crippen molar-refractivity contribution in [3.05, 3.63) is 71.3 Å². The Kier molecular flexibility index (Phi) is 3.97. The Bertz CT molecular complexity index is 990. The van der Waals surface area contributed by atoms with Crippen molar-refractivity contribution >= 4 is 5.82 Å². The zero-order valence-electron chi connectivity index (χ0n) is 13.1. The number of anilines is 1. The average Bonchev–Trinajstić information content (AvgIpc) is 2.61. The number of rotatable bonds is 2. The van der Waals surface area contributed by atoms with Crippen LogP contribution in [-0.2, 0) is 0 Å². The van der Waals surface area contributed by atoms with E-state index in [1.54, 1.807) is 12.1 Å². The zero-order chi connectivity index (χ0) is 17.1. The van der Waals surface area contributed by atoms with Gasteiger partial charge in [-0.05, 0) is 36.2 Å². The maximum Gasteiger partial charge on any atom is 0.142 e. The summed E-state index contributed by atoms with van der Waals surface area (Å²) in [6.07, 6.45) is 0. The molecule has 114 valence electrons. The van der Waals surface area contributed by atoms with Gasteiger partial charge in [0.25, 0.3) is 0 Å². The minimum atomic E-state index is 0.206. The lowest BCUT2D eigenvalue weighted by molar-refractivity contribution is 1.30. The molecule has 0 unspecified atom stereocenters. The fraction of sp³-hybridized carbons (Fsp3) is 0.0500. The summed E-state index contributed by atoms with van der Waals surface area (Å²) >= 11 is 0. The lowest BCUT2D eigenvalue weighted by atomic mass is 9.95. The number of aryl methyl sites for hydroxylation is 1. The minimum Gasteiger partial charge on any atom is -0.383 e. The summed E-state index contributed by atoms with van der Waals surface area (Å²) < 4.78 is 0. The van der Waals surface area contributed by atoms with E-state index in [4.69, 9.17) is 11.0 Å². The van der Waals surface area contributed by atoms with Crippen molar-refractivity contribution in [2.75, 3.05) is 5.73 Å². The summed E-state index contributed by atoms with van der Waals surface area (Å²) in [4.78, 5) is 4.36. The molecule has 0 spiro atoms. The molecule has 0 atom stereocenters. The first-order valence-corrected chi connectivity index (χ1v) is 7.41. The minimum absolute atomic E-state index is 0.206. The molecule has 3 aromatic rings. The second kappa shape index (κ2) is 6.24. The van der Waals surface area contributed by atoms with Crippen LogP contribution in [0.3, 0.4) is 0 Å². The topological polar surface area (TPSA) is 86.5 Å². The fourth-order valence-corrected chi connectivity index (χ4v) is 2.63. The Morgan fingerprint density at radius 3 is 2.25 bits per heavy atom. The summed E-state index contributed by atoms with van der Waals surface area (Å²) in [6, 6.07) is 21.1. The highest BCUT2D eigenvalue weighted by Crippen LogP contribution is 2.32. The van der Waals surface area contributed by atoms with Crippen molar-refractivity contribution in [3.63, 3.8) is 0 Å². The Balaban J connectivity index is 2.22. The third-order valence-electron chi connectivity index (χ3n) is 3.90. The quantitative estimate of drug-likeness (QED) is 0.773. The second-order valence-electron chi connectivity index (χ2n) is 5.43. The third kappa shape index (κ3) is 2.69. The highest BCUT2D eigenvalue weighted by Gasteiger charge is 2.14. The Morgan fingerprint density at radius 2 is 1.62 bits per heavy atom. The number of aromatic nitrogens is 1. The van der Waals surface area contributed by atoms with Crippen LogP contribution in [0.2, 0.25) is 0 Å². The molecule has 24 heavy (non-hydrogen) atoms. The van der Waals surface area contributed by atoms with E-state index in [0.717, 1.165) is 22.3 Å². The average molecular weight is 310 g/mol. The van der Waals surface area contributed by atoms with E-state index in [2.05, 4.69) is 17.1 Å². The van der Waals surface area contributed by atoms with Crippen LogP contribution in [0, 0.1) is 29.6 Å². The standard InChI is InChI=1S/C20H14N4/c1-13-4-2-3-5-16(13)17-10-19(24-20(23)18(17)12-22)15-8-6-14(11-21)7-9-15/h2-10H,1H3,(H2,23,24). The van der Waals surface area contributed by atoms with Gasteiger partial charge in [-0.2, -0.15) is 10.5 Å². The van der Waals surface area contributed by atoms with Gasteiger partial charge in [-0.15, -0.1) is 0 Å². The number of pyridine rings is 1. The number of nitrogen functional groups attached to an aromatic ring is 1. The summed E-state index contributed by atoms with van der Waals surface area (Å²) in [5.74, 6) is 0.206. The van der Waals surface area contributed by atoms with Gasteiger partial charge in [0.2, 0.25) is 0 Å². The zero-order valence-corrected chi connectivity index (χ0v) is 13.1. The Morgan fingerprint density at radius 1 is 0.917 bits per heavy atom. The van der Waals surface area contributed by atoms with E-state index in [0.29, 0.717) is 16.8 Å². The maximum atomic E-state index is 9.48. The molecule has 4 nitrogen and oxygen atoms in total. The van der Waals surface area contributed by atoms with Crippen LogP contribution in [0.5, 0.6) is 0 Å². The van der Waals surface area contributed by atoms with Crippen LogP contribution in [0.1, 0.15) is 16.7 Å². The van der Waals surface area contributed by atoms with Crippen molar-refractivity contribution in [2.45, 2.75) is 6.92 Å². The van der Waals surface area contributed by atoms with E-state index >= 15 is 0 Å². The van der Waals surface area contributed by atoms with Crippen molar-refractivity contribution in [1.29, 1.82) is 10.5 Å². The molecule has 2 aromatic carbocycles. The Hall–Kier alpha value is -3.63. The number of benzene rings is 2. The van der Waals surface area contributed by atoms with Crippen molar-refractivity contribution in [1.82, 2.24) is 4.98 Å². The highest BCUT2D eigenvalue weighted by molar-refractivity contribution is 5.81. The first kappa shape index (κ1) is 15.3. The van der Waals surface area contributed by atoms with E-state index in [9.17, 15) is 5.26 Å². The van der Waals surface area contributed by atoms with Gasteiger partial charge in [-0.25, -0.2) is 4.98 Å². The van der Waals surface area contributed by atoms with E-state index in [-0.39, 0.29) is 5.82 Å². The molecule has 4 heteroatoms. The highest BCUT2D eigenvalue weighted by atomic mass is 14.8. The van der Waals surface area contributed by atoms with Crippen LogP contribution >= 0.6 is 0 Å². The van der Waals surface area contributed by atoms with Crippen molar-refractivity contribution < 1.29 is 0 Å². The predicted octanol–water partition coefficient (Wildman–Crippen LogP) is 4.05. The van der Waals surface area contributed by atoms with Crippen molar-refractivity contribution in [3.8, 4) is 34.5 Å². The van der Waals surface area contributed by atoms with Crippen molar-refractivity contribution in [2.24, 2.45) is 0 Å². The normalized spacial score (nSPS) is 9.96. The fourth-order valence-electron chi connectivity index (χ4n) is 2.63. The van der Waals surface area contributed by atoms with Crippen LogP contribution in [0.4, 0.5) is 5.82 Å². The number of hydrogen-bond donors (Lipinski definition) is 1. The van der Waals surface area contributed by atoms with Gasteiger partial charge in [-0.1, -0.05) is 36.4 Å². The number of hydrogen-bond acceptors (Lipinski definition) is 4. The molecule has 0 aliphatic rings. The summed E-state index contributed by atoms with van der Waals surface area (Å²) in [5.41, 5.74) is 11.3. The molecule has 0 aliphatic heterocycles. The number of nitrogens with two attached hydrogens (primary N) is 1. The summed E-state index contributed by atoms with van der Waals surface area (Å²) in [5, 5.41) is 18.4. The second-order valence-corrected chi connectivity index (χ2v) is 5.43. The SMILES string of the molecule is Cc1ccccc1-c1cc(-c2ccc(C#N)cc2)nc(N)c1C#N. The maximum absolute atomic E-state index is 9.48. The monoisotopic (exact) mass is 310 g/mol. The molecule has 0 amide bonds. The van der Waals surface area contributed by atoms with Crippen LogP contribution < -0.4 is 5.73 Å². The molecule has 0 fully saturated rings. The number of nitrogens with zero attached hydrogens (tertiary/aromatic N) is 3. The Labute approximate surface area is 140 Å².